The topological polar surface area (TPSA) is 91.2 Å². The molecule has 1 heterocycles. The molecule has 1 aromatic carbocycles. The maximum Gasteiger partial charge on any atom is 0.267 e. The molecule has 2 rings (SSSR count). The third-order valence-electron chi connectivity index (χ3n) is 2.77. The van der Waals surface area contributed by atoms with Gasteiger partial charge in [-0.1, -0.05) is 11.6 Å². The molecular weight excluding hydrogens is 278 g/mol. The number of pyridine rings is 1. The molecule has 0 aliphatic rings. The summed E-state index contributed by atoms with van der Waals surface area (Å²) in [5.41, 5.74) is 13.1. The third-order valence-corrected chi connectivity index (χ3v) is 3.36. The van der Waals surface area contributed by atoms with Crippen molar-refractivity contribution in [3.05, 3.63) is 46.1 Å². The number of hydrogen-bond donors (Lipinski definition) is 2. The number of aromatic nitrogens is 1. The van der Waals surface area contributed by atoms with Crippen molar-refractivity contribution in [1.29, 1.82) is 0 Å². The predicted octanol–water partition coefficient (Wildman–Crippen LogP) is 2.83. The second kappa shape index (κ2) is 5.38. The summed E-state index contributed by atoms with van der Waals surface area (Å²) >= 11 is 6.09. The summed E-state index contributed by atoms with van der Waals surface area (Å²) in [7, 11) is 0. The van der Waals surface area contributed by atoms with Crippen LogP contribution in [0.1, 0.15) is 21.6 Å². The summed E-state index contributed by atoms with van der Waals surface area (Å²) < 4.78 is 5.61. The standard InChI is InChI=1S/C14H14ClN3O2/c1-7-5-9(6-8(2)12(7)15)20-14-10(16)3-4-11(18-14)13(17)19/h3-6H,16H2,1-2H3,(H2,17,19). The lowest BCUT2D eigenvalue weighted by atomic mass is 10.1. The summed E-state index contributed by atoms with van der Waals surface area (Å²) in [6, 6.07) is 6.52. The minimum Gasteiger partial charge on any atom is -0.437 e. The molecule has 0 spiro atoms. The Balaban J connectivity index is 2.39. The Morgan fingerprint density at radius 3 is 2.40 bits per heavy atom. The van der Waals surface area contributed by atoms with Crippen LogP contribution < -0.4 is 16.2 Å². The van der Waals surface area contributed by atoms with Gasteiger partial charge in [0.2, 0.25) is 5.88 Å². The highest BCUT2D eigenvalue weighted by Crippen LogP contribution is 2.30. The first-order valence-electron chi connectivity index (χ1n) is 5.89. The van der Waals surface area contributed by atoms with Crippen LogP contribution in [-0.4, -0.2) is 10.9 Å². The van der Waals surface area contributed by atoms with Crippen molar-refractivity contribution < 1.29 is 9.53 Å². The van der Waals surface area contributed by atoms with Crippen LogP contribution >= 0.6 is 11.6 Å². The second-order valence-corrected chi connectivity index (χ2v) is 4.81. The maximum atomic E-state index is 11.1. The van der Waals surface area contributed by atoms with Gasteiger partial charge in [-0.3, -0.25) is 4.79 Å². The lowest BCUT2D eigenvalue weighted by molar-refractivity contribution is 0.0995. The van der Waals surface area contributed by atoms with Crippen LogP contribution in [0.25, 0.3) is 0 Å². The van der Waals surface area contributed by atoms with E-state index >= 15 is 0 Å². The molecular formula is C14H14ClN3O2. The number of hydrogen-bond acceptors (Lipinski definition) is 4. The predicted molar refractivity (Wildman–Crippen MR) is 78.2 cm³/mol. The van der Waals surface area contributed by atoms with Gasteiger partial charge in [-0.15, -0.1) is 0 Å². The van der Waals surface area contributed by atoms with Crippen molar-refractivity contribution >= 4 is 23.2 Å². The zero-order valence-corrected chi connectivity index (χ0v) is 11.9. The molecule has 104 valence electrons. The highest BCUT2D eigenvalue weighted by Gasteiger charge is 2.11. The number of rotatable bonds is 3. The number of benzene rings is 1. The van der Waals surface area contributed by atoms with Crippen LogP contribution in [0.3, 0.4) is 0 Å². The summed E-state index contributed by atoms with van der Waals surface area (Å²) in [5, 5.41) is 0.684. The lowest BCUT2D eigenvalue weighted by Gasteiger charge is -2.11. The summed E-state index contributed by atoms with van der Waals surface area (Å²) in [6.07, 6.45) is 0. The molecule has 0 atom stereocenters. The number of carbonyl (C=O) groups is 1. The average Bonchev–Trinajstić information content (AvgIpc) is 2.38. The Morgan fingerprint density at radius 2 is 1.85 bits per heavy atom. The van der Waals surface area contributed by atoms with Gasteiger partial charge < -0.3 is 16.2 Å². The van der Waals surface area contributed by atoms with E-state index in [1.54, 1.807) is 12.1 Å². The van der Waals surface area contributed by atoms with E-state index in [0.717, 1.165) is 11.1 Å². The Bertz CT molecular complexity index is 663. The molecule has 5 nitrogen and oxygen atoms in total. The Kier molecular flexibility index (Phi) is 3.81. The summed E-state index contributed by atoms with van der Waals surface area (Å²) in [6.45, 7) is 3.75. The van der Waals surface area contributed by atoms with E-state index < -0.39 is 5.91 Å². The lowest BCUT2D eigenvalue weighted by Crippen LogP contribution is -2.13. The minimum atomic E-state index is -0.640. The van der Waals surface area contributed by atoms with E-state index in [0.29, 0.717) is 16.5 Å². The summed E-state index contributed by atoms with van der Waals surface area (Å²) in [4.78, 5) is 15.1. The van der Waals surface area contributed by atoms with E-state index in [2.05, 4.69) is 4.98 Å². The molecule has 1 aromatic heterocycles. The fourth-order valence-electron chi connectivity index (χ4n) is 1.75. The average molecular weight is 292 g/mol. The quantitative estimate of drug-likeness (QED) is 0.909. The molecule has 0 aliphatic heterocycles. The van der Waals surface area contributed by atoms with E-state index in [4.69, 9.17) is 27.8 Å². The number of nitrogens with zero attached hydrogens (tertiary/aromatic N) is 1. The van der Waals surface area contributed by atoms with Crippen molar-refractivity contribution in [3.63, 3.8) is 0 Å². The molecule has 0 fully saturated rings. The van der Waals surface area contributed by atoms with E-state index in [9.17, 15) is 4.79 Å². The van der Waals surface area contributed by atoms with Gasteiger partial charge in [-0.25, -0.2) is 4.98 Å². The Hall–Kier alpha value is -2.27. The SMILES string of the molecule is Cc1cc(Oc2nc(C(N)=O)ccc2N)cc(C)c1Cl. The molecule has 20 heavy (non-hydrogen) atoms. The number of carbonyl (C=O) groups excluding carboxylic acids is 1. The van der Waals surface area contributed by atoms with Gasteiger partial charge in [-0.05, 0) is 49.2 Å². The largest absolute Gasteiger partial charge is 0.437 e. The van der Waals surface area contributed by atoms with Crippen LogP contribution in [0.5, 0.6) is 11.6 Å². The number of aryl methyl sites for hydroxylation is 2. The van der Waals surface area contributed by atoms with Gasteiger partial charge in [0.25, 0.3) is 5.91 Å². The van der Waals surface area contributed by atoms with Gasteiger partial charge in [-0.2, -0.15) is 0 Å². The van der Waals surface area contributed by atoms with Crippen LogP contribution in [0.2, 0.25) is 5.02 Å². The van der Waals surface area contributed by atoms with Crippen molar-refractivity contribution in [2.24, 2.45) is 5.73 Å². The van der Waals surface area contributed by atoms with Gasteiger partial charge >= 0.3 is 0 Å². The molecule has 0 bridgehead atoms. The number of nitrogen functional groups attached to an aromatic ring is 1. The molecule has 0 saturated carbocycles. The normalized spacial score (nSPS) is 10.3. The molecule has 0 radical (unpaired) electrons. The number of ether oxygens (including phenoxy) is 1. The highest BCUT2D eigenvalue weighted by atomic mass is 35.5. The molecule has 2 aromatic rings. The van der Waals surface area contributed by atoms with Crippen molar-refractivity contribution in [2.45, 2.75) is 13.8 Å². The smallest absolute Gasteiger partial charge is 0.267 e. The van der Waals surface area contributed by atoms with Gasteiger partial charge in [0.05, 0.1) is 5.69 Å². The monoisotopic (exact) mass is 291 g/mol. The van der Waals surface area contributed by atoms with Gasteiger partial charge in [0.1, 0.15) is 11.4 Å². The minimum absolute atomic E-state index is 0.0941. The van der Waals surface area contributed by atoms with Crippen molar-refractivity contribution in [1.82, 2.24) is 4.98 Å². The van der Waals surface area contributed by atoms with Crippen LogP contribution in [0.15, 0.2) is 24.3 Å². The fourth-order valence-corrected chi connectivity index (χ4v) is 1.86. The molecule has 6 heteroatoms. The molecule has 0 aliphatic carbocycles. The van der Waals surface area contributed by atoms with Crippen LogP contribution in [0.4, 0.5) is 5.69 Å². The van der Waals surface area contributed by atoms with Gasteiger partial charge in [0.15, 0.2) is 0 Å². The highest BCUT2D eigenvalue weighted by molar-refractivity contribution is 6.32. The van der Waals surface area contributed by atoms with E-state index in [-0.39, 0.29) is 11.6 Å². The second-order valence-electron chi connectivity index (χ2n) is 4.43. The fraction of sp³-hybridized carbons (Fsp3) is 0.143. The molecule has 0 saturated heterocycles. The number of primary amides is 1. The van der Waals surface area contributed by atoms with Crippen LogP contribution in [-0.2, 0) is 0 Å². The number of halogens is 1. The third kappa shape index (κ3) is 2.83. The van der Waals surface area contributed by atoms with E-state index in [1.165, 1.54) is 12.1 Å². The molecule has 0 unspecified atom stereocenters. The zero-order valence-electron chi connectivity index (χ0n) is 11.1. The van der Waals surface area contributed by atoms with Gasteiger partial charge in [0, 0.05) is 5.02 Å². The first kappa shape index (κ1) is 14.1. The van der Waals surface area contributed by atoms with E-state index in [1.807, 2.05) is 13.8 Å². The van der Waals surface area contributed by atoms with Crippen molar-refractivity contribution in [3.8, 4) is 11.6 Å². The number of nitrogens with two attached hydrogens (primary N) is 2. The zero-order chi connectivity index (χ0) is 14.9. The van der Waals surface area contributed by atoms with Crippen LogP contribution in [0, 0.1) is 13.8 Å². The Labute approximate surface area is 121 Å². The first-order chi connectivity index (χ1) is 9.38. The molecule has 4 N–H and O–H groups in total. The molecule has 1 amide bonds. The summed E-state index contributed by atoms with van der Waals surface area (Å²) in [5.74, 6) is 0.0472. The maximum absolute atomic E-state index is 11.1. The Morgan fingerprint density at radius 1 is 1.25 bits per heavy atom. The first-order valence-corrected chi connectivity index (χ1v) is 6.27. The number of amides is 1. The number of anilines is 1. The van der Waals surface area contributed by atoms with Crippen molar-refractivity contribution in [2.75, 3.05) is 5.73 Å².